The van der Waals surface area contributed by atoms with Crippen LogP contribution in [0, 0.1) is 0 Å². The Morgan fingerprint density at radius 2 is 2.06 bits per heavy atom. The van der Waals surface area contributed by atoms with Crippen LogP contribution in [0.1, 0.15) is 24.4 Å². The topological polar surface area (TPSA) is 21.7 Å². The van der Waals surface area contributed by atoms with Crippen molar-refractivity contribution in [1.29, 1.82) is 0 Å². The molecular weight excluding hydrogens is 202 g/mol. The average Bonchev–Trinajstić information content (AvgIpc) is 2.74. The van der Waals surface area contributed by atoms with Crippen molar-refractivity contribution >= 4 is 0 Å². The number of benzene rings is 1. The molecule has 0 N–H and O–H groups in total. The molecule has 0 aromatic heterocycles. The maximum absolute atomic E-state index is 5.42. The Bertz CT molecular complexity index is 365. The summed E-state index contributed by atoms with van der Waals surface area (Å²) in [7, 11) is 5.58. The van der Waals surface area contributed by atoms with Crippen molar-refractivity contribution in [3.63, 3.8) is 0 Å². The summed E-state index contributed by atoms with van der Waals surface area (Å²) >= 11 is 0. The highest BCUT2D eigenvalue weighted by atomic mass is 16.5. The van der Waals surface area contributed by atoms with Crippen LogP contribution < -0.4 is 9.47 Å². The molecule has 1 aromatic rings. The van der Waals surface area contributed by atoms with Crippen molar-refractivity contribution in [1.82, 2.24) is 4.90 Å². The molecule has 1 saturated heterocycles. The summed E-state index contributed by atoms with van der Waals surface area (Å²) < 4.78 is 10.7. The minimum atomic E-state index is 0.463. The summed E-state index contributed by atoms with van der Waals surface area (Å²) in [5.41, 5.74) is 1.24. The molecule has 1 fully saturated rings. The zero-order valence-corrected chi connectivity index (χ0v) is 10.2. The molecule has 0 radical (unpaired) electrons. The summed E-state index contributed by atoms with van der Waals surface area (Å²) in [6, 6.07) is 6.48. The molecule has 0 spiro atoms. The van der Waals surface area contributed by atoms with E-state index in [4.69, 9.17) is 9.47 Å². The first-order valence-corrected chi connectivity index (χ1v) is 5.68. The van der Waals surface area contributed by atoms with Gasteiger partial charge in [-0.15, -0.1) is 0 Å². The summed E-state index contributed by atoms with van der Waals surface area (Å²) in [5, 5.41) is 0. The fourth-order valence-corrected chi connectivity index (χ4v) is 2.40. The van der Waals surface area contributed by atoms with Crippen molar-refractivity contribution in [3.8, 4) is 11.5 Å². The lowest BCUT2D eigenvalue weighted by Gasteiger charge is -2.22. The molecule has 0 bridgehead atoms. The van der Waals surface area contributed by atoms with Gasteiger partial charge in [-0.05, 0) is 44.6 Å². The predicted octanol–water partition coefficient (Wildman–Crippen LogP) is 2.47. The molecule has 0 aliphatic carbocycles. The van der Waals surface area contributed by atoms with Crippen LogP contribution in [-0.2, 0) is 0 Å². The molecule has 2 rings (SSSR count). The molecule has 88 valence electrons. The molecule has 3 nitrogen and oxygen atoms in total. The number of ether oxygens (including phenoxy) is 2. The largest absolute Gasteiger partial charge is 0.497 e. The number of methoxy groups -OCH3 is 2. The second kappa shape index (κ2) is 4.74. The van der Waals surface area contributed by atoms with Gasteiger partial charge in [0.05, 0.1) is 14.2 Å². The number of nitrogens with zero attached hydrogens (tertiary/aromatic N) is 1. The van der Waals surface area contributed by atoms with E-state index in [0.717, 1.165) is 18.0 Å². The van der Waals surface area contributed by atoms with Gasteiger partial charge in [0, 0.05) is 11.6 Å². The highest BCUT2D eigenvalue weighted by Gasteiger charge is 2.25. The van der Waals surface area contributed by atoms with E-state index in [9.17, 15) is 0 Å². The van der Waals surface area contributed by atoms with Crippen LogP contribution >= 0.6 is 0 Å². The van der Waals surface area contributed by atoms with Gasteiger partial charge in [-0.2, -0.15) is 0 Å². The molecule has 1 heterocycles. The van der Waals surface area contributed by atoms with Gasteiger partial charge in [0.25, 0.3) is 0 Å². The van der Waals surface area contributed by atoms with Crippen LogP contribution in [0.2, 0.25) is 0 Å². The third-order valence-electron chi connectivity index (χ3n) is 3.32. The minimum absolute atomic E-state index is 0.463. The predicted molar refractivity (Wildman–Crippen MR) is 64.2 cm³/mol. The smallest absolute Gasteiger partial charge is 0.123 e. The van der Waals surface area contributed by atoms with Crippen LogP contribution in [0.5, 0.6) is 11.5 Å². The molecule has 1 atom stereocenters. The average molecular weight is 221 g/mol. The lowest BCUT2D eigenvalue weighted by molar-refractivity contribution is 0.304. The zero-order chi connectivity index (χ0) is 11.5. The molecule has 16 heavy (non-hydrogen) atoms. The van der Waals surface area contributed by atoms with Gasteiger partial charge in [0.15, 0.2) is 0 Å². The van der Waals surface area contributed by atoms with Gasteiger partial charge in [-0.1, -0.05) is 0 Å². The van der Waals surface area contributed by atoms with Gasteiger partial charge < -0.3 is 9.47 Å². The third kappa shape index (κ3) is 2.00. The maximum Gasteiger partial charge on any atom is 0.123 e. The van der Waals surface area contributed by atoms with Gasteiger partial charge in [-0.3, -0.25) is 4.90 Å². The van der Waals surface area contributed by atoms with Crippen molar-refractivity contribution in [2.45, 2.75) is 18.9 Å². The number of hydrogen-bond donors (Lipinski definition) is 0. The fourth-order valence-electron chi connectivity index (χ4n) is 2.40. The summed E-state index contributed by atoms with van der Waals surface area (Å²) in [5.74, 6) is 1.86. The Hall–Kier alpha value is -1.22. The van der Waals surface area contributed by atoms with Crippen molar-refractivity contribution < 1.29 is 9.47 Å². The second-order valence-electron chi connectivity index (χ2n) is 4.25. The molecule has 1 aromatic carbocycles. The molecular formula is C13H19NO2. The maximum atomic E-state index is 5.42. The molecule has 3 heteroatoms. The lowest BCUT2D eigenvalue weighted by atomic mass is 10.0. The van der Waals surface area contributed by atoms with Gasteiger partial charge in [0.2, 0.25) is 0 Å². The van der Waals surface area contributed by atoms with Crippen molar-refractivity contribution in [2.75, 3.05) is 27.8 Å². The Morgan fingerprint density at radius 1 is 1.25 bits per heavy atom. The molecule has 0 unspecified atom stereocenters. The van der Waals surface area contributed by atoms with E-state index in [1.165, 1.54) is 18.4 Å². The lowest BCUT2D eigenvalue weighted by Crippen LogP contribution is -2.18. The van der Waals surface area contributed by atoms with Gasteiger partial charge in [-0.25, -0.2) is 0 Å². The van der Waals surface area contributed by atoms with Gasteiger partial charge in [0.1, 0.15) is 11.5 Å². The Kier molecular flexibility index (Phi) is 3.34. The van der Waals surface area contributed by atoms with E-state index in [0.29, 0.717) is 6.04 Å². The fraction of sp³-hybridized carbons (Fsp3) is 0.538. The van der Waals surface area contributed by atoms with E-state index in [-0.39, 0.29) is 0 Å². The molecule has 0 saturated carbocycles. The van der Waals surface area contributed by atoms with E-state index >= 15 is 0 Å². The quantitative estimate of drug-likeness (QED) is 0.782. The summed E-state index contributed by atoms with van der Waals surface area (Å²) in [4.78, 5) is 2.37. The van der Waals surface area contributed by atoms with Crippen LogP contribution in [0.25, 0.3) is 0 Å². The normalized spacial score (nSPS) is 21.1. The van der Waals surface area contributed by atoms with Crippen LogP contribution in [0.3, 0.4) is 0 Å². The zero-order valence-electron chi connectivity index (χ0n) is 10.2. The van der Waals surface area contributed by atoms with E-state index in [2.05, 4.69) is 18.0 Å². The standard InChI is InChI=1S/C13H19NO2/c1-14-8-4-5-12(14)11-9-10(15-2)6-7-13(11)16-3/h6-7,9,12H,4-5,8H2,1-3H3/t12-/m1/s1. The van der Waals surface area contributed by atoms with E-state index < -0.39 is 0 Å². The summed E-state index contributed by atoms with van der Waals surface area (Å²) in [6.07, 6.45) is 2.45. The van der Waals surface area contributed by atoms with Crippen molar-refractivity contribution in [3.05, 3.63) is 23.8 Å². The first-order chi connectivity index (χ1) is 7.76. The van der Waals surface area contributed by atoms with E-state index in [1.54, 1.807) is 14.2 Å². The highest BCUT2D eigenvalue weighted by molar-refractivity contribution is 5.42. The minimum Gasteiger partial charge on any atom is -0.497 e. The first kappa shape index (κ1) is 11.3. The third-order valence-corrected chi connectivity index (χ3v) is 3.32. The number of hydrogen-bond acceptors (Lipinski definition) is 3. The Morgan fingerprint density at radius 3 is 2.62 bits per heavy atom. The van der Waals surface area contributed by atoms with E-state index in [1.807, 2.05) is 12.1 Å². The monoisotopic (exact) mass is 221 g/mol. The Labute approximate surface area is 97.0 Å². The second-order valence-corrected chi connectivity index (χ2v) is 4.25. The summed E-state index contributed by atoms with van der Waals surface area (Å²) in [6.45, 7) is 1.16. The first-order valence-electron chi connectivity index (χ1n) is 5.68. The van der Waals surface area contributed by atoms with Crippen LogP contribution in [-0.4, -0.2) is 32.7 Å². The number of rotatable bonds is 3. The molecule has 1 aliphatic heterocycles. The van der Waals surface area contributed by atoms with Crippen LogP contribution in [0.4, 0.5) is 0 Å². The molecule has 0 amide bonds. The molecule has 1 aliphatic rings. The van der Waals surface area contributed by atoms with Gasteiger partial charge >= 0.3 is 0 Å². The van der Waals surface area contributed by atoms with Crippen molar-refractivity contribution in [2.24, 2.45) is 0 Å². The van der Waals surface area contributed by atoms with Crippen LogP contribution in [0.15, 0.2) is 18.2 Å². The Balaban J connectivity index is 2.36. The number of likely N-dealkylation sites (tertiary alicyclic amines) is 1. The highest BCUT2D eigenvalue weighted by Crippen LogP contribution is 2.37. The SMILES string of the molecule is COc1ccc(OC)c([C@H]2CCCN2C)c1.